The summed E-state index contributed by atoms with van der Waals surface area (Å²) < 4.78 is 4.99. The van der Waals surface area contributed by atoms with E-state index in [2.05, 4.69) is 5.32 Å². The topological polar surface area (TPSA) is 139 Å². The van der Waals surface area contributed by atoms with E-state index in [1.54, 1.807) is 0 Å². The average Bonchev–Trinajstić information content (AvgIpc) is 2.71. The Morgan fingerprint density at radius 1 is 1.39 bits per heavy atom. The highest BCUT2D eigenvalue weighted by Crippen LogP contribution is 2.16. The minimum absolute atomic E-state index is 0.0318. The van der Waals surface area contributed by atoms with Crippen LogP contribution >= 0.6 is 0 Å². The van der Waals surface area contributed by atoms with Gasteiger partial charge in [0.2, 0.25) is 5.91 Å². The van der Waals surface area contributed by atoms with Crippen LogP contribution in [0.5, 0.6) is 0 Å². The first-order chi connectivity index (χ1) is 8.35. The molecule has 1 fully saturated rings. The molecule has 0 spiro atoms. The first kappa shape index (κ1) is 14.4. The fourth-order valence-electron chi connectivity index (χ4n) is 1.59. The van der Waals surface area contributed by atoms with Crippen LogP contribution < -0.4 is 11.1 Å². The minimum atomic E-state index is -1.29. The van der Waals surface area contributed by atoms with Crippen molar-refractivity contribution >= 4 is 17.8 Å². The largest absolute Gasteiger partial charge is 0.481 e. The summed E-state index contributed by atoms with van der Waals surface area (Å²) in [6.45, 7) is 0.376. The van der Waals surface area contributed by atoms with Crippen LogP contribution in [0.25, 0.3) is 0 Å². The second kappa shape index (κ2) is 5.78. The van der Waals surface area contributed by atoms with Gasteiger partial charge in [0.25, 0.3) is 0 Å². The van der Waals surface area contributed by atoms with Crippen LogP contribution in [0.3, 0.4) is 0 Å². The lowest BCUT2D eigenvalue weighted by Crippen LogP contribution is -2.58. The molecule has 0 radical (unpaired) electrons. The van der Waals surface area contributed by atoms with Crippen LogP contribution in [0.1, 0.15) is 19.3 Å². The molecule has 0 bridgehead atoms. The maximum atomic E-state index is 11.8. The molecule has 1 saturated heterocycles. The van der Waals surface area contributed by atoms with Crippen LogP contribution in [0.15, 0.2) is 0 Å². The van der Waals surface area contributed by atoms with Gasteiger partial charge in [0, 0.05) is 13.0 Å². The number of carbonyl (C=O) groups is 3. The molecule has 0 aromatic rings. The van der Waals surface area contributed by atoms with Gasteiger partial charge in [-0.2, -0.15) is 0 Å². The quantitative estimate of drug-likeness (QED) is 0.457. The minimum Gasteiger partial charge on any atom is -0.481 e. The molecule has 1 amide bonds. The van der Waals surface area contributed by atoms with Crippen molar-refractivity contribution in [1.29, 1.82) is 0 Å². The summed E-state index contributed by atoms with van der Waals surface area (Å²) in [4.78, 5) is 33.1. The Balaban J connectivity index is 2.57. The van der Waals surface area contributed by atoms with Gasteiger partial charge in [-0.1, -0.05) is 0 Å². The van der Waals surface area contributed by atoms with Gasteiger partial charge in [0.15, 0.2) is 0 Å². The van der Waals surface area contributed by atoms with Gasteiger partial charge < -0.3 is 26.0 Å². The van der Waals surface area contributed by atoms with E-state index in [-0.39, 0.29) is 19.4 Å². The van der Waals surface area contributed by atoms with E-state index in [0.29, 0.717) is 13.0 Å². The first-order valence-electron chi connectivity index (χ1n) is 5.47. The SMILES string of the molecule is NC1(C(=O)N[C@@H](CCC(=O)O)C(=O)O)CCOC1. The van der Waals surface area contributed by atoms with Crippen molar-refractivity contribution in [2.75, 3.05) is 13.2 Å². The van der Waals surface area contributed by atoms with Gasteiger partial charge in [-0.05, 0) is 12.8 Å². The Kier molecular flexibility index (Phi) is 4.62. The Hall–Kier alpha value is -1.67. The molecular formula is C10H16N2O6. The monoisotopic (exact) mass is 260 g/mol. The number of amides is 1. The molecule has 0 saturated carbocycles. The number of ether oxygens (including phenoxy) is 1. The zero-order valence-corrected chi connectivity index (χ0v) is 9.72. The highest BCUT2D eigenvalue weighted by Gasteiger charge is 2.39. The number of carboxylic acid groups (broad SMARTS) is 2. The zero-order chi connectivity index (χ0) is 13.8. The number of carbonyl (C=O) groups excluding carboxylic acids is 1. The predicted molar refractivity (Wildman–Crippen MR) is 58.8 cm³/mol. The lowest BCUT2D eigenvalue weighted by molar-refractivity contribution is -0.143. The van der Waals surface area contributed by atoms with Gasteiger partial charge in [-0.15, -0.1) is 0 Å². The summed E-state index contributed by atoms with van der Waals surface area (Å²) >= 11 is 0. The summed E-state index contributed by atoms with van der Waals surface area (Å²) in [5.74, 6) is -3.04. The van der Waals surface area contributed by atoms with Crippen molar-refractivity contribution in [1.82, 2.24) is 5.32 Å². The molecule has 5 N–H and O–H groups in total. The lowest BCUT2D eigenvalue weighted by Gasteiger charge is -2.23. The summed E-state index contributed by atoms with van der Waals surface area (Å²) in [5.41, 5.74) is 4.54. The number of carboxylic acids is 2. The summed E-state index contributed by atoms with van der Waals surface area (Å²) in [6.07, 6.45) is -0.219. The Morgan fingerprint density at radius 2 is 2.06 bits per heavy atom. The molecule has 1 aliphatic rings. The molecule has 2 atom stereocenters. The van der Waals surface area contributed by atoms with Crippen molar-refractivity contribution in [3.63, 3.8) is 0 Å². The summed E-state index contributed by atoms with van der Waals surface area (Å²) in [6, 6.07) is -1.25. The van der Waals surface area contributed by atoms with Gasteiger partial charge in [0.05, 0.1) is 6.61 Å². The second-order valence-corrected chi connectivity index (χ2v) is 4.26. The third kappa shape index (κ3) is 3.67. The van der Waals surface area contributed by atoms with Crippen molar-refractivity contribution in [3.8, 4) is 0 Å². The van der Waals surface area contributed by atoms with E-state index in [9.17, 15) is 14.4 Å². The molecule has 0 aliphatic carbocycles. The fourth-order valence-corrected chi connectivity index (χ4v) is 1.59. The van der Waals surface area contributed by atoms with Crippen molar-refractivity contribution in [2.45, 2.75) is 30.8 Å². The maximum Gasteiger partial charge on any atom is 0.326 e. The third-order valence-corrected chi connectivity index (χ3v) is 2.75. The van der Waals surface area contributed by atoms with Crippen LogP contribution in [0.4, 0.5) is 0 Å². The maximum absolute atomic E-state index is 11.8. The molecule has 1 aliphatic heterocycles. The number of nitrogens with one attached hydrogen (secondary N) is 1. The third-order valence-electron chi connectivity index (χ3n) is 2.75. The molecule has 8 nitrogen and oxygen atoms in total. The molecule has 1 heterocycles. The van der Waals surface area contributed by atoms with E-state index in [1.165, 1.54) is 0 Å². The van der Waals surface area contributed by atoms with Gasteiger partial charge in [-0.25, -0.2) is 4.79 Å². The molecule has 8 heteroatoms. The number of nitrogens with two attached hydrogens (primary N) is 1. The Morgan fingerprint density at radius 3 is 2.50 bits per heavy atom. The molecule has 0 aromatic carbocycles. The van der Waals surface area contributed by atoms with Crippen LogP contribution in [0.2, 0.25) is 0 Å². The molecule has 0 aromatic heterocycles. The van der Waals surface area contributed by atoms with E-state index in [4.69, 9.17) is 20.7 Å². The molecule has 1 unspecified atom stereocenters. The van der Waals surface area contributed by atoms with Crippen LogP contribution in [0, 0.1) is 0 Å². The highest BCUT2D eigenvalue weighted by molar-refractivity contribution is 5.90. The zero-order valence-electron chi connectivity index (χ0n) is 9.72. The summed E-state index contributed by atoms with van der Waals surface area (Å²) in [7, 11) is 0. The number of aliphatic carboxylic acids is 2. The number of rotatable bonds is 6. The van der Waals surface area contributed by atoms with Crippen molar-refractivity contribution < 1.29 is 29.3 Å². The number of hydrogen-bond donors (Lipinski definition) is 4. The molecule has 1 rings (SSSR count). The predicted octanol–water partition coefficient (Wildman–Crippen LogP) is -1.46. The molecule has 102 valence electrons. The fraction of sp³-hybridized carbons (Fsp3) is 0.700. The van der Waals surface area contributed by atoms with Crippen molar-refractivity contribution in [2.24, 2.45) is 5.73 Å². The molecule has 18 heavy (non-hydrogen) atoms. The highest BCUT2D eigenvalue weighted by atomic mass is 16.5. The Labute approximate surface area is 103 Å². The van der Waals surface area contributed by atoms with Crippen LogP contribution in [-0.2, 0) is 19.1 Å². The van der Waals surface area contributed by atoms with Gasteiger partial charge in [0.1, 0.15) is 11.6 Å². The van der Waals surface area contributed by atoms with Gasteiger partial charge >= 0.3 is 11.9 Å². The van der Waals surface area contributed by atoms with E-state index in [0.717, 1.165) is 0 Å². The van der Waals surface area contributed by atoms with Crippen LogP contribution in [-0.4, -0.2) is 52.9 Å². The summed E-state index contributed by atoms with van der Waals surface area (Å²) in [5, 5.41) is 19.6. The molecular weight excluding hydrogens is 244 g/mol. The van der Waals surface area contributed by atoms with Crippen molar-refractivity contribution in [3.05, 3.63) is 0 Å². The normalized spacial score (nSPS) is 24.5. The smallest absolute Gasteiger partial charge is 0.326 e. The van der Waals surface area contributed by atoms with E-state index >= 15 is 0 Å². The average molecular weight is 260 g/mol. The van der Waals surface area contributed by atoms with Gasteiger partial charge in [-0.3, -0.25) is 9.59 Å². The van der Waals surface area contributed by atoms with E-state index < -0.39 is 29.4 Å². The van der Waals surface area contributed by atoms with E-state index in [1.807, 2.05) is 0 Å². The lowest BCUT2D eigenvalue weighted by atomic mass is 9.98. The first-order valence-corrected chi connectivity index (χ1v) is 5.47. The Bertz CT molecular complexity index is 350. The number of hydrogen-bond acceptors (Lipinski definition) is 5. The second-order valence-electron chi connectivity index (χ2n) is 4.26. The standard InChI is InChI=1S/C10H16N2O6/c11-10(3-4-18-5-10)9(17)12-6(8(15)16)1-2-7(13)14/h6H,1-5,11H2,(H,12,17)(H,13,14)(H,15,16)/t6-,10?/m0/s1.